The fourth-order valence-electron chi connectivity index (χ4n) is 2.87. The largest absolute Gasteiger partial charge is 0.467 e. The van der Waals surface area contributed by atoms with Crippen molar-refractivity contribution in [2.45, 2.75) is 56.5 Å². The van der Waals surface area contributed by atoms with Crippen LogP contribution in [0.15, 0.2) is 11.2 Å². The molecule has 12 heteroatoms. The van der Waals surface area contributed by atoms with Crippen molar-refractivity contribution in [1.29, 1.82) is 0 Å². The standard InChI is InChI=1S/C17H29N7O3.2ClH/c1-27-16(26)13(6-3-7-21-17(19)20)24-15(25)12(18)8-11-9-22-14(23-11)10-4-2-5-10;;/h9-10,12-13H,2-8,18H2,1H3,(H,22,23)(H,24,25)(H4,19,20,21);2*1H/t12-,13-;;/m0../s1. The highest BCUT2D eigenvalue weighted by Gasteiger charge is 2.26. The number of nitrogens with one attached hydrogen (secondary N) is 2. The topological polar surface area (TPSA) is 174 Å². The molecule has 0 aliphatic heterocycles. The van der Waals surface area contributed by atoms with E-state index in [1.165, 1.54) is 13.5 Å². The summed E-state index contributed by atoms with van der Waals surface area (Å²) in [6, 6.07) is -1.60. The Labute approximate surface area is 182 Å². The summed E-state index contributed by atoms with van der Waals surface area (Å²) in [5.41, 5.74) is 17.3. The summed E-state index contributed by atoms with van der Waals surface area (Å²) in [7, 11) is 1.27. The summed E-state index contributed by atoms with van der Waals surface area (Å²) in [6.45, 7) is 0.357. The van der Waals surface area contributed by atoms with E-state index in [2.05, 4.69) is 20.3 Å². The Morgan fingerprint density at radius 2 is 2.07 bits per heavy atom. The number of hydrogen-bond acceptors (Lipinski definition) is 6. The third kappa shape index (κ3) is 8.46. The molecule has 1 aromatic heterocycles. The Morgan fingerprint density at radius 3 is 2.62 bits per heavy atom. The second-order valence-corrected chi connectivity index (χ2v) is 6.77. The number of aromatic amines is 1. The van der Waals surface area contributed by atoms with Crippen molar-refractivity contribution < 1.29 is 14.3 Å². The molecule has 1 aromatic rings. The van der Waals surface area contributed by atoms with E-state index in [1.54, 1.807) is 6.20 Å². The number of carbonyl (C=O) groups excluding carboxylic acids is 2. The molecule has 166 valence electrons. The van der Waals surface area contributed by atoms with Crippen LogP contribution in [-0.2, 0) is 20.7 Å². The van der Waals surface area contributed by atoms with Gasteiger partial charge in [0.2, 0.25) is 5.91 Å². The molecule has 10 nitrogen and oxygen atoms in total. The number of guanidine groups is 1. The number of ether oxygens (including phenoxy) is 1. The maximum absolute atomic E-state index is 12.4. The number of hydrogen-bond donors (Lipinski definition) is 5. The number of H-pyrrole nitrogens is 1. The third-order valence-corrected chi connectivity index (χ3v) is 4.66. The number of carbonyl (C=O) groups is 2. The van der Waals surface area contributed by atoms with Crippen molar-refractivity contribution >= 4 is 42.7 Å². The van der Waals surface area contributed by atoms with Crippen molar-refractivity contribution in [3.63, 3.8) is 0 Å². The van der Waals surface area contributed by atoms with Crippen LogP contribution < -0.4 is 22.5 Å². The Morgan fingerprint density at radius 1 is 1.38 bits per heavy atom. The van der Waals surface area contributed by atoms with Crippen LogP contribution in [0.2, 0.25) is 0 Å². The Hall–Kier alpha value is -2.04. The van der Waals surface area contributed by atoms with Gasteiger partial charge >= 0.3 is 5.97 Å². The minimum Gasteiger partial charge on any atom is -0.467 e. The predicted molar refractivity (Wildman–Crippen MR) is 115 cm³/mol. The molecule has 8 N–H and O–H groups in total. The van der Waals surface area contributed by atoms with Crippen LogP contribution in [-0.4, -0.2) is 53.5 Å². The average molecular weight is 452 g/mol. The lowest BCUT2D eigenvalue weighted by Crippen LogP contribution is -2.49. The maximum atomic E-state index is 12.4. The molecule has 1 amide bonds. The molecule has 2 atom stereocenters. The predicted octanol–water partition coefficient (Wildman–Crippen LogP) is 0.102. The molecule has 0 aromatic carbocycles. The number of aromatic nitrogens is 2. The number of imidazole rings is 1. The fourth-order valence-corrected chi connectivity index (χ4v) is 2.87. The molecule has 29 heavy (non-hydrogen) atoms. The molecule has 1 aliphatic rings. The van der Waals surface area contributed by atoms with Crippen molar-refractivity contribution in [3.05, 3.63) is 17.7 Å². The van der Waals surface area contributed by atoms with E-state index in [4.69, 9.17) is 21.9 Å². The SMILES string of the molecule is COC(=O)[C@H](CCCN=C(N)N)NC(=O)[C@@H](N)Cc1cnc(C2CCC2)[nH]1.Cl.Cl. The van der Waals surface area contributed by atoms with Gasteiger partial charge in [0.15, 0.2) is 5.96 Å². The van der Waals surface area contributed by atoms with Gasteiger partial charge in [-0.1, -0.05) is 6.42 Å². The first-order chi connectivity index (χ1) is 12.9. The van der Waals surface area contributed by atoms with Crippen molar-refractivity contribution in [1.82, 2.24) is 15.3 Å². The van der Waals surface area contributed by atoms with Crippen LogP contribution in [0.25, 0.3) is 0 Å². The minimum absolute atomic E-state index is 0. The zero-order chi connectivity index (χ0) is 19.8. The molecule has 1 aliphatic carbocycles. The normalized spacial score (nSPS) is 15.0. The lowest BCUT2D eigenvalue weighted by atomic mass is 9.85. The van der Waals surface area contributed by atoms with Gasteiger partial charge in [0.1, 0.15) is 11.9 Å². The van der Waals surface area contributed by atoms with E-state index in [-0.39, 0.29) is 30.8 Å². The van der Waals surface area contributed by atoms with Gasteiger partial charge < -0.3 is 32.2 Å². The van der Waals surface area contributed by atoms with E-state index in [0.29, 0.717) is 31.7 Å². The van der Waals surface area contributed by atoms with Gasteiger partial charge in [0.25, 0.3) is 0 Å². The highest BCUT2D eigenvalue weighted by Crippen LogP contribution is 2.34. The smallest absolute Gasteiger partial charge is 0.328 e. The second-order valence-electron chi connectivity index (χ2n) is 6.77. The van der Waals surface area contributed by atoms with E-state index in [0.717, 1.165) is 24.4 Å². The molecule has 1 saturated carbocycles. The molecule has 0 unspecified atom stereocenters. The highest BCUT2D eigenvalue weighted by molar-refractivity contribution is 5.87. The van der Waals surface area contributed by atoms with Gasteiger partial charge in [-0.25, -0.2) is 9.78 Å². The zero-order valence-corrected chi connectivity index (χ0v) is 18.1. The minimum atomic E-state index is -0.801. The summed E-state index contributed by atoms with van der Waals surface area (Å²) in [6.07, 6.45) is 6.39. The van der Waals surface area contributed by atoms with Crippen LogP contribution in [0.3, 0.4) is 0 Å². The van der Waals surface area contributed by atoms with Gasteiger partial charge in [-0.05, 0) is 25.7 Å². The number of halogens is 2. The Bertz CT molecular complexity index is 676. The average Bonchev–Trinajstić information content (AvgIpc) is 3.02. The first kappa shape index (κ1) is 27.0. The number of aliphatic imine (C=N–C) groups is 1. The number of nitrogens with zero attached hydrogens (tertiary/aromatic N) is 2. The van der Waals surface area contributed by atoms with Crippen LogP contribution in [0, 0.1) is 0 Å². The molecule has 1 fully saturated rings. The monoisotopic (exact) mass is 451 g/mol. The molecule has 0 saturated heterocycles. The van der Waals surface area contributed by atoms with Gasteiger partial charge in [-0.2, -0.15) is 0 Å². The number of esters is 1. The van der Waals surface area contributed by atoms with Crippen molar-refractivity contribution in [2.24, 2.45) is 22.2 Å². The van der Waals surface area contributed by atoms with Gasteiger partial charge in [0.05, 0.1) is 13.2 Å². The van der Waals surface area contributed by atoms with Crippen LogP contribution in [0.5, 0.6) is 0 Å². The van der Waals surface area contributed by atoms with Crippen LogP contribution >= 0.6 is 24.8 Å². The molecule has 2 rings (SSSR count). The zero-order valence-electron chi connectivity index (χ0n) is 16.4. The van der Waals surface area contributed by atoms with E-state index < -0.39 is 24.0 Å². The lowest BCUT2D eigenvalue weighted by Gasteiger charge is -2.22. The maximum Gasteiger partial charge on any atom is 0.328 e. The summed E-state index contributed by atoms with van der Waals surface area (Å²) in [4.78, 5) is 35.7. The Balaban J connectivity index is 0.00000392. The van der Waals surface area contributed by atoms with Crippen molar-refractivity contribution in [2.75, 3.05) is 13.7 Å². The number of amides is 1. The molecule has 0 bridgehead atoms. The highest BCUT2D eigenvalue weighted by atomic mass is 35.5. The summed E-state index contributed by atoms with van der Waals surface area (Å²) in [5.74, 6) is 0.464. The first-order valence-electron chi connectivity index (χ1n) is 9.13. The third-order valence-electron chi connectivity index (χ3n) is 4.66. The summed E-state index contributed by atoms with van der Waals surface area (Å²) in [5, 5.41) is 2.64. The summed E-state index contributed by atoms with van der Waals surface area (Å²) >= 11 is 0. The molecular formula is C17H31Cl2N7O3. The first-order valence-corrected chi connectivity index (χ1v) is 9.13. The van der Waals surface area contributed by atoms with E-state index in [1.807, 2.05) is 0 Å². The van der Waals surface area contributed by atoms with E-state index >= 15 is 0 Å². The molecule has 1 heterocycles. The quantitative estimate of drug-likeness (QED) is 0.145. The molecule has 0 radical (unpaired) electrons. The number of nitrogens with two attached hydrogens (primary N) is 3. The molecular weight excluding hydrogens is 421 g/mol. The van der Waals surface area contributed by atoms with Gasteiger partial charge in [0, 0.05) is 30.8 Å². The van der Waals surface area contributed by atoms with E-state index in [9.17, 15) is 9.59 Å². The van der Waals surface area contributed by atoms with Crippen molar-refractivity contribution in [3.8, 4) is 0 Å². The van der Waals surface area contributed by atoms with Gasteiger partial charge in [-0.15, -0.1) is 24.8 Å². The fraction of sp³-hybridized carbons (Fsp3) is 0.647. The van der Waals surface area contributed by atoms with Crippen LogP contribution in [0.1, 0.15) is 49.5 Å². The number of methoxy groups -OCH3 is 1. The molecule has 0 spiro atoms. The van der Waals surface area contributed by atoms with Crippen LogP contribution in [0.4, 0.5) is 0 Å². The van der Waals surface area contributed by atoms with Gasteiger partial charge in [-0.3, -0.25) is 9.79 Å². The number of rotatable bonds is 10. The second kappa shape index (κ2) is 13.2. The Kier molecular flexibility index (Phi) is 12.3. The lowest BCUT2D eigenvalue weighted by molar-refractivity contribution is -0.145. The summed E-state index contributed by atoms with van der Waals surface area (Å²) < 4.78 is 4.74.